The summed E-state index contributed by atoms with van der Waals surface area (Å²) in [6.07, 6.45) is -4.49. The summed E-state index contributed by atoms with van der Waals surface area (Å²) in [6.45, 7) is 0.832. The highest BCUT2D eigenvalue weighted by Crippen LogP contribution is 2.27. The molecule has 1 aromatic heterocycles. The number of alkyl halides is 3. The smallest absolute Gasteiger partial charge is 0.435 e. The van der Waals surface area contributed by atoms with Crippen molar-refractivity contribution in [1.82, 2.24) is 10.2 Å². The zero-order chi connectivity index (χ0) is 15.3. The third-order valence-electron chi connectivity index (χ3n) is 2.47. The van der Waals surface area contributed by atoms with Gasteiger partial charge in [0.1, 0.15) is 12.4 Å². The Morgan fingerprint density at radius 1 is 1.05 bits per heavy atom. The number of nitrogens with one attached hydrogen (secondary N) is 1. The van der Waals surface area contributed by atoms with Crippen molar-refractivity contribution in [1.29, 1.82) is 0 Å². The van der Waals surface area contributed by atoms with E-state index in [1.807, 2.05) is 0 Å². The van der Waals surface area contributed by atoms with Gasteiger partial charge in [-0.2, -0.15) is 13.2 Å². The van der Waals surface area contributed by atoms with Crippen LogP contribution in [0, 0.1) is 0 Å². The number of aromatic nitrogens is 2. The van der Waals surface area contributed by atoms with Gasteiger partial charge in [0.2, 0.25) is 0 Å². The van der Waals surface area contributed by atoms with Gasteiger partial charge < -0.3 is 15.8 Å². The van der Waals surface area contributed by atoms with Crippen LogP contribution in [0.25, 0.3) is 0 Å². The highest BCUT2D eigenvalue weighted by molar-refractivity contribution is 5.56. The van der Waals surface area contributed by atoms with Gasteiger partial charge in [-0.05, 0) is 36.4 Å². The summed E-state index contributed by atoms with van der Waals surface area (Å²) in [7, 11) is 0. The fourth-order valence-electron chi connectivity index (χ4n) is 1.51. The molecule has 3 N–H and O–H groups in total. The van der Waals surface area contributed by atoms with Crippen LogP contribution in [0.2, 0.25) is 0 Å². The van der Waals surface area contributed by atoms with Crippen LogP contribution in [0.1, 0.15) is 5.69 Å². The minimum absolute atomic E-state index is 0.221. The molecule has 1 aromatic carbocycles. The van der Waals surface area contributed by atoms with E-state index in [4.69, 9.17) is 10.5 Å². The number of rotatable bonds is 5. The maximum Gasteiger partial charge on any atom is 0.435 e. The lowest BCUT2D eigenvalue weighted by Gasteiger charge is -2.08. The van der Waals surface area contributed by atoms with Gasteiger partial charge in [0.25, 0.3) is 0 Å². The molecule has 0 aliphatic heterocycles. The van der Waals surface area contributed by atoms with Crippen LogP contribution in [0.4, 0.5) is 24.7 Å². The molecule has 2 rings (SSSR count). The molecule has 0 aliphatic rings. The van der Waals surface area contributed by atoms with Gasteiger partial charge in [-0.3, -0.25) is 0 Å². The number of hydrogen-bond donors (Lipinski definition) is 2. The quantitative estimate of drug-likeness (QED) is 0.887. The Hall–Kier alpha value is -2.35. The van der Waals surface area contributed by atoms with E-state index in [-0.39, 0.29) is 5.82 Å². The van der Waals surface area contributed by atoms with E-state index in [1.54, 1.807) is 24.3 Å². The van der Waals surface area contributed by atoms with Crippen molar-refractivity contribution < 1.29 is 17.9 Å². The molecule has 0 fully saturated rings. The molecular weight excluding hydrogens is 285 g/mol. The molecule has 21 heavy (non-hydrogen) atoms. The minimum Gasteiger partial charge on any atom is -0.492 e. The summed E-state index contributed by atoms with van der Waals surface area (Å²) in [6, 6.07) is 8.95. The van der Waals surface area contributed by atoms with Crippen LogP contribution in [0.5, 0.6) is 5.75 Å². The number of halogens is 3. The van der Waals surface area contributed by atoms with Crippen molar-refractivity contribution in [2.24, 2.45) is 5.73 Å². The van der Waals surface area contributed by atoms with E-state index in [1.165, 1.54) is 6.07 Å². The second kappa shape index (κ2) is 6.40. The molecule has 0 spiro atoms. The Kier molecular flexibility index (Phi) is 4.59. The van der Waals surface area contributed by atoms with Gasteiger partial charge in [-0.1, -0.05) is 0 Å². The first kappa shape index (κ1) is 15.0. The molecule has 0 radical (unpaired) electrons. The molecule has 0 saturated heterocycles. The summed E-state index contributed by atoms with van der Waals surface area (Å²) in [5.74, 6) is 0.878. The lowest BCUT2D eigenvalue weighted by atomic mass is 10.3. The average molecular weight is 298 g/mol. The fourth-order valence-corrected chi connectivity index (χ4v) is 1.51. The van der Waals surface area contributed by atoms with Crippen LogP contribution in [0.3, 0.4) is 0 Å². The Bertz CT molecular complexity index is 569. The summed E-state index contributed by atoms with van der Waals surface area (Å²) in [5, 5.41) is 9.46. The summed E-state index contributed by atoms with van der Waals surface area (Å²) in [4.78, 5) is 0. The predicted octanol–water partition coefficient (Wildman–Crippen LogP) is 2.58. The number of hydrogen-bond acceptors (Lipinski definition) is 5. The highest BCUT2D eigenvalue weighted by atomic mass is 19.4. The molecule has 0 saturated carbocycles. The maximum absolute atomic E-state index is 12.3. The average Bonchev–Trinajstić information content (AvgIpc) is 2.46. The Morgan fingerprint density at radius 3 is 2.29 bits per heavy atom. The van der Waals surface area contributed by atoms with Crippen molar-refractivity contribution >= 4 is 11.5 Å². The van der Waals surface area contributed by atoms with Crippen LogP contribution in [0.15, 0.2) is 36.4 Å². The Labute approximate surface area is 118 Å². The number of ether oxygens (including phenoxy) is 1. The molecule has 8 heteroatoms. The first-order chi connectivity index (χ1) is 9.99. The summed E-state index contributed by atoms with van der Waals surface area (Å²) >= 11 is 0. The number of benzene rings is 1. The molecule has 112 valence electrons. The molecule has 0 bridgehead atoms. The standard InChI is InChI=1S/C13H13F3N4O/c14-13(15,16)11-5-6-12(20-19-11)18-9-1-3-10(4-2-9)21-8-7-17/h1-6H,7-8,17H2,(H,18,20). The normalized spacial score (nSPS) is 11.2. The van der Waals surface area contributed by atoms with E-state index in [2.05, 4.69) is 15.5 Å². The molecule has 0 atom stereocenters. The van der Waals surface area contributed by atoms with Gasteiger partial charge >= 0.3 is 6.18 Å². The van der Waals surface area contributed by atoms with Gasteiger partial charge in [0.15, 0.2) is 11.5 Å². The highest BCUT2D eigenvalue weighted by Gasteiger charge is 2.32. The van der Waals surface area contributed by atoms with Crippen LogP contribution < -0.4 is 15.8 Å². The lowest BCUT2D eigenvalue weighted by molar-refractivity contribution is -0.141. The summed E-state index contributed by atoms with van der Waals surface area (Å²) in [5.41, 5.74) is 4.95. The summed E-state index contributed by atoms with van der Waals surface area (Å²) < 4.78 is 42.3. The van der Waals surface area contributed by atoms with Crippen molar-refractivity contribution in [3.63, 3.8) is 0 Å². The van der Waals surface area contributed by atoms with Gasteiger partial charge in [-0.15, -0.1) is 10.2 Å². The zero-order valence-corrected chi connectivity index (χ0v) is 10.9. The third-order valence-corrected chi connectivity index (χ3v) is 2.47. The molecule has 5 nitrogen and oxygen atoms in total. The Morgan fingerprint density at radius 2 is 1.76 bits per heavy atom. The second-order valence-corrected chi connectivity index (χ2v) is 4.09. The van der Waals surface area contributed by atoms with E-state index in [0.717, 1.165) is 6.07 Å². The number of nitrogens with zero attached hydrogens (tertiary/aromatic N) is 2. The van der Waals surface area contributed by atoms with Crippen molar-refractivity contribution in [3.8, 4) is 5.75 Å². The Balaban J connectivity index is 2.01. The van der Waals surface area contributed by atoms with Gasteiger partial charge in [0, 0.05) is 12.2 Å². The molecule has 0 amide bonds. The maximum atomic E-state index is 12.3. The van der Waals surface area contributed by atoms with E-state index in [9.17, 15) is 13.2 Å². The van der Waals surface area contributed by atoms with Crippen molar-refractivity contribution in [2.75, 3.05) is 18.5 Å². The third kappa shape index (κ3) is 4.32. The van der Waals surface area contributed by atoms with Gasteiger partial charge in [0.05, 0.1) is 0 Å². The molecule has 0 aliphatic carbocycles. The van der Waals surface area contributed by atoms with E-state index in [0.29, 0.717) is 24.6 Å². The topological polar surface area (TPSA) is 73.1 Å². The second-order valence-electron chi connectivity index (χ2n) is 4.09. The van der Waals surface area contributed by atoms with Crippen molar-refractivity contribution in [2.45, 2.75) is 6.18 Å². The van der Waals surface area contributed by atoms with E-state index >= 15 is 0 Å². The van der Waals surface area contributed by atoms with Gasteiger partial charge in [-0.25, -0.2) is 0 Å². The van der Waals surface area contributed by atoms with Crippen LogP contribution in [-0.2, 0) is 6.18 Å². The zero-order valence-electron chi connectivity index (χ0n) is 10.9. The SMILES string of the molecule is NCCOc1ccc(Nc2ccc(C(F)(F)F)nn2)cc1. The molecule has 0 unspecified atom stereocenters. The van der Waals surface area contributed by atoms with E-state index < -0.39 is 11.9 Å². The minimum atomic E-state index is -4.49. The largest absolute Gasteiger partial charge is 0.492 e. The monoisotopic (exact) mass is 298 g/mol. The molecule has 1 heterocycles. The molecular formula is C13H13F3N4O. The number of anilines is 2. The molecule has 2 aromatic rings. The lowest BCUT2D eigenvalue weighted by Crippen LogP contribution is -2.10. The fraction of sp³-hybridized carbons (Fsp3) is 0.231. The first-order valence-corrected chi connectivity index (χ1v) is 6.10. The number of nitrogens with two attached hydrogens (primary N) is 1. The van der Waals surface area contributed by atoms with Crippen molar-refractivity contribution in [3.05, 3.63) is 42.1 Å². The van der Waals surface area contributed by atoms with Crippen LogP contribution >= 0.6 is 0 Å². The first-order valence-electron chi connectivity index (χ1n) is 6.10. The van der Waals surface area contributed by atoms with Crippen LogP contribution in [-0.4, -0.2) is 23.3 Å². The predicted molar refractivity (Wildman–Crippen MR) is 71.3 cm³/mol.